The van der Waals surface area contributed by atoms with Crippen molar-refractivity contribution >= 4 is 29.2 Å². The summed E-state index contributed by atoms with van der Waals surface area (Å²) < 4.78 is 0. The molecule has 3 amide bonds. The zero-order chi connectivity index (χ0) is 17.1. The van der Waals surface area contributed by atoms with E-state index in [0.29, 0.717) is 22.0 Å². The van der Waals surface area contributed by atoms with Gasteiger partial charge in [0.25, 0.3) is 5.91 Å². The number of rotatable bonds is 3. The molecule has 1 aliphatic heterocycles. The second kappa shape index (κ2) is 6.76. The molecule has 0 saturated heterocycles. The first-order valence-electron chi connectivity index (χ1n) is 7.45. The smallest absolute Gasteiger partial charge is 0.319 e. The van der Waals surface area contributed by atoms with Crippen LogP contribution in [0.2, 0.25) is 5.02 Å². The molecular weight excluding hydrogens is 326 g/mol. The highest BCUT2D eigenvalue weighted by atomic mass is 35.5. The molecule has 0 saturated carbocycles. The van der Waals surface area contributed by atoms with Crippen molar-refractivity contribution in [1.29, 1.82) is 0 Å². The lowest BCUT2D eigenvalue weighted by Crippen LogP contribution is -2.45. The predicted molar refractivity (Wildman–Crippen MR) is 93.6 cm³/mol. The Morgan fingerprint density at radius 3 is 2.42 bits per heavy atom. The summed E-state index contributed by atoms with van der Waals surface area (Å²) in [6, 6.07) is 15.4. The summed E-state index contributed by atoms with van der Waals surface area (Å²) in [5, 5.41) is 8.88. The molecule has 0 spiro atoms. The Hall–Kier alpha value is -2.79. The number of carbonyl (C=O) groups excluding carboxylic acids is 2. The van der Waals surface area contributed by atoms with E-state index in [1.165, 1.54) is 0 Å². The molecule has 0 bridgehead atoms. The highest BCUT2D eigenvalue weighted by Crippen LogP contribution is 2.27. The summed E-state index contributed by atoms with van der Waals surface area (Å²) in [5.41, 5.74) is 2.47. The van der Waals surface area contributed by atoms with Crippen LogP contribution in [0, 0.1) is 0 Å². The van der Waals surface area contributed by atoms with E-state index in [2.05, 4.69) is 16.0 Å². The molecule has 5 nitrogen and oxygen atoms in total. The van der Waals surface area contributed by atoms with Crippen LogP contribution in [0.5, 0.6) is 0 Å². The largest absolute Gasteiger partial charge is 0.327 e. The van der Waals surface area contributed by atoms with Crippen LogP contribution in [0.25, 0.3) is 0 Å². The molecule has 122 valence electrons. The maximum absolute atomic E-state index is 12.8. The van der Waals surface area contributed by atoms with Crippen LogP contribution in [0.4, 0.5) is 10.5 Å². The molecule has 3 rings (SSSR count). The molecule has 24 heavy (non-hydrogen) atoms. The number of allylic oxidation sites excluding steroid dienone is 1. The van der Waals surface area contributed by atoms with Gasteiger partial charge in [-0.05, 0) is 36.8 Å². The molecule has 0 radical (unpaired) electrons. The zero-order valence-electron chi connectivity index (χ0n) is 13.0. The van der Waals surface area contributed by atoms with Crippen molar-refractivity contribution in [3.63, 3.8) is 0 Å². The first-order valence-corrected chi connectivity index (χ1v) is 7.82. The molecule has 0 aromatic heterocycles. The van der Waals surface area contributed by atoms with E-state index in [1.807, 2.05) is 30.3 Å². The zero-order valence-corrected chi connectivity index (χ0v) is 13.7. The predicted octanol–water partition coefficient (Wildman–Crippen LogP) is 3.61. The van der Waals surface area contributed by atoms with E-state index >= 15 is 0 Å². The number of carbonyl (C=O) groups is 2. The number of hydrogen-bond acceptors (Lipinski definition) is 2. The molecule has 1 atom stereocenters. The van der Waals surface area contributed by atoms with Gasteiger partial charge in [-0.25, -0.2) is 4.79 Å². The van der Waals surface area contributed by atoms with Crippen LogP contribution in [0.15, 0.2) is 65.9 Å². The minimum absolute atomic E-state index is 0.281. The van der Waals surface area contributed by atoms with Gasteiger partial charge in [0.05, 0.1) is 11.6 Å². The van der Waals surface area contributed by atoms with Crippen LogP contribution in [-0.2, 0) is 4.79 Å². The Bertz CT molecular complexity index is 801. The lowest BCUT2D eigenvalue weighted by Gasteiger charge is -2.28. The van der Waals surface area contributed by atoms with Crippen LogP contribution >= 0.6 is 11.6 Å². The van der Waals surface area contributed by atoms with E-state index in [4.69, 9.17) is 11.6 Å². The summed E-state index contributed by atoms with van der Waals surface area (Å²) in [6.45, 7) is 1.71. The minimum atomic E-state index is -0.507. The third-order valence-corrected chi connectivity index (χ3v) is 4.00. The van der Waals surface area contributed by atoms with Crippen LogP contribution in [-0.4, -0.2) is 11.9 Å². The Morgan fingerprint density at radius 1 is 1.08 bits per heavy atom. The lowest BCUT2D eigenvalue weighted by atomic mass is 9.95. The van der Waals surface area contributed by atoms with Crippen molar-refractivity contribution in [2.75, 3.05) is 5.32 Å². The number of hydrogen-bond donors (Lipinski definition) is 3. The van der Waals surface area contributed by atoms with Crippen LogP contribution in [0.1, 0.15) is 18.5 Å². The number of halogens is 1. The first-order chi connectivity index (χ1) is 11.5. The molecule has 1 heterocycles. The number of nitrogens with one attached hydrogen (secondary N) is 3. The number of amides is 3. The number of urea groups is 1. The van der Waals surface area contributed by atoms with Gasteiger partial charge < -0.3 is 16.0 Å². The van der Waals surface area contributed by atoms with E-state index in [9.17, 15) is 9.59 Å². The topological polar surface area (TPSA) is 70.2 Å². The fourth-order valence-corrected chi connectivity index (χ4v) is 2.75. The molecule has 0 unspecified atom stereocenters. The normalized spacial score (nSPS) is 17.1. The summed E-state index contributed by atoms with van der Waals surface area (Å²) in [7, 11) is 0. The molecule has 3 N–H and O–H groups in total. The summed E-state index contributed by atoms with van der Waals surface area (Å²) >= 11 is 5.86. The van der Waals surface area contributed by atoms with Crippen LogP contribution in [0.3, 0.4) is 0 Å². The standard InChI is InChI=1S/C18H16ClN3O2/c1-11-15(17(23)21-14-9-7-13(19)8-10-14)16(22-18(24)20-11)12-5-3-2-4-6-12/h2-10,16H,1H3,(H,21,23)(H2,20,22,24)/t16-/m1/s1. The average Bonchev–Trinajstić information content (AvgIpc) is 2.57. The van der Waals surface area contributed by atoms with Gasteiger partial charge in [0, 0.05) is 16.4 Å². The van der Waals surface area contributed by atoms with Crippen molar-refractivity contribution < 1.29 is 9.59 Å². The summed E-state index contributed by atoms with van der Waals surface area (Å²) in [5.74, 6) is -0.281. The third-order valence-electron chi connectivity index (χ3n) is 3.75. The second-order valence-corrected chi connectivity index (χ2v) is 5.88. The van der Waals surface area contributed by atoms with Crippen LogP contribution < -0.4 is 16.0 Å². The van der Waals surface area contributed by atoms with E-state index in [-0.39, 0.29) is 11.9 Å². The molecule has 6 heteroatoms. The third kappa shape index (κ3) is 3.41. The number of benzene rings is 2. The number of anilines is 1. The molecular formula is C18H16ClN3O2. The van der Waals surface area contributed by atoms with Gasteiger partial charge >= 0.3 is 6.03 Å². The fraction of sp³-hybridized carbons (Fsp3) is 0.111. The van der Waals surface area contributed by atoms with Gasteiger partial charge in [0.2, 0.25) is 0 Å². The van der Waals surface area contributed by atoms with E-state index < -0.39 is 6.04 Å². The maximum atomic E-state index is 12.8. The highest BCUT2D eigenvalue weighted by molar-refractivity contribution is 6.30. The van der Waals surface area contributed by atoms with Gasteiger partial charge in [-0.1, -0.05) is 41.9 Å². The second-order valence-electron chi connectivity index (χ2n) is 5.44. The van der Waals surface area contributed by atoms with Gasteiger partial charge in [-0.2, -0.15) is 0 Å². The Morgan fingerprint density at radius 2 is 1.75 bits per heavy atom. The Balaban J connectivity index is 1.92. The van der Waals surface area contributed by atoms with Gasteiger partial charge in [0.1, 0.15) is 0 Å². The molecule has 1 aliphatic rings. The van der Waals surface area contributed by atoms with Crippen molar-refractivity contribution in [3.8, 4) is 0 Å². The minimum Gasteiger partial charge on any atom is -0.327 e. The maximum Gasteiger partial charge on any atom is 0.319 e. The molecule has 0 aliphatic carbocycles. The summed E-state index contributed by atoms with van der Waals surface area (Å²) in [4.78, 5) is 24.6. The molecule has 0 fully saturated rings. The fourth-order valence-electron chi connectivity index (χ4n) is 2.62. The van der Waals surface area contributed by atoms with Crippen molar-refractivity contribution in [3.05, 3.63) is 76.5 Å². The van der Waals surface area contributed by atoms with Gasteiger partial charge in [-0.15, -0.1) is 0 Å². The van der Waals surface area contributed by atoms with Crippen molar-refractivity contribution in [1.82, 2.24) is 10.6 Å². The quantitative estimate of drug-likeness (QED) is 0.798. The SMILES string of the molecule is CC1=C(C(=O)Nc2ccc(Cl)cc2)[C@@H](c2ccccc2)NC(=O)N1. The average molecular weight is 342 g/mol. The molecule has 2 aromatic carbocycles. The van der Waals surface area contributed by atoms with E-state index in [1.54, 1.807) is 31.2 Å². The highest BCUT2D eigenvalue weighted by Gasteiger charge is 2.30. The Labute approximate surface area is 144 Å². The molecule has 2 aromatic rings. The van der Waals surface area contributed by atoms with Gasteiger partial charge in [-0.3, -0.25) is 4.79 Å². The first kappa shape index (κ1) is 16.1. The summed E-state index contributed by atoms with van der Waals surface area (Å²) in [6.07, 6.45) is 0. The van der Waals surface area contributed by atoms with Crippen molar-refractivity contribution in [2.45, 2.75) is 13.0 Å². The van der Waals surface area contributed by atoms with Gasteiger partial charge in [0.15, 0.2) is 0 Å². The lowest BCUT2D eigenvalue weighted by molar-refractivity contribution is -0.113. The van der Waals surface area contributed by atoms with Crippen molar-refractivity contribution in [2.24, 2.45) is 0 Å². The monoisotopic (exact) mass is 341 g/mol. The van der Waals surface area contributed by atoms with E-state index in [0.717, 1.165) is 5.56 Å². The Kier molecular flexibility index (Phi) is 4.53.